The molecule has 7 nitrogen and oxygen atoms in total. The van der Waals surface area contributed by atoms with Crippen LogP contribution in [-0.4, -0.2) is 51.1 Å². The number of carbonyl (C=O) groups excluding carboxylic acids is 3. The van der Waals surface area contributed by atoms with Crippen molar-refractivity contribution in [1.29, 1.82) is 0 Å². The Morgan fingerprint density at radius 1 is 1.31 bits per heavy atom. The zero-order valence-corrected chi connectivity index (χ0v) is 19.7. The zero-order valence-electron chi connectivity index (χ0n) is 16.9. The van der Waals surface area contributed by atoms with Gasteiger partial charge in [-0.1, -0.05) is 36.4 Å². The van der Waals surface area contributed by atoms with Crippen LogP contribution in [0.5, 0.6) is 0 Å². The molecule has 0 aromatic heterocycles. The number of aliphatic imine (C=N–C) groups is 1. The third-order valence-electron chi connectivity index (χ3n) is 4.84. The summed E-state index contributed by atoms with van der Waals surface area (Å²) in [5.74, 6) is -2.09. The largest absolute Gasteiger partial charge is 1.00 e. The van der Waals surface area contributed by atoms with Crippen molar-refractivity contribution in [3.8, 4) is 0 Å². The van der Waals surface area contributed by atoms with E-state index in [4.69, 9.17) is 0 Å². The van der Waals surface area contributed by atoms with E-state index in [0.29, 0.717) is 5.56 Å². The molecule has 1 aromatic rings. The molecular weight excluding hydrogens is 401 g/mol. The molecule has 2 aliphatic heterocycles. The van der Waals surface area contributed by atoms with Crippen LogP contribution in [0.2, 0.25) is 0 Å². The van der Waals surface area contributed by atoms with Gasteiger partial charge in [-0.05, 0) is 32.4 Å². The standard InChI is InChI=1S/C20H23N3O4S.Na/c1-4-5-11-21-13(12-9-7-6-8-10-12)16(24)22-14-17(25)23-15(19(26)27)20(2,3)28-18(14)23;/h4-11,13-15,18H,1-3H3,(H,22,24)(H,26,27);/q;+1/p-1/t13?,14-,15+,18-;/m1./s1. The van der Waals surface area contributed by atoms with Gasteiger partial charge in [0, 0.05) is 11.0 Å². The molecule has 2 amide bonds. The maximum atomic E-state index is 12.9. The number of allylic oxidation sites excluding steroid dienone is 2. The van der Waals surface area contributed by atoms with E-state index in [-0.39, 0.29) is 29.6 Å². The summed E-state index contributed by atoms with van der Waals surface area (Å²) < 4.78 is -0.693. The second-order valence-electron chi connectivity index (χ2n) is 7.20. The van der Waals surface area contributed by atoms with Gasteiger partial charge >= 0.3 is 29.6 Å². The summed E-state index contributed by atoms with van der Waals surface area (Å²) in [6.07, 6.45) is 5.07. The Morgan fingerprint density at radius 3 is 2.55 bits per heavy atom. The van der Waals surface area contributed by atoms with Crippen LogP contribution in [0.25, 0.3) is 0 Å². The predicted molar refractivity (Wildman–Crippen MR) is 106 cm³/mol. The molecule has 2 aliphatic rings. The number of hydrogen-bond acceptors (Lipinski definition) is 6. The van der Waals surface area contributed by atoms with E-state index in [9.17, 15) is 19.5 Å². The second kappa shape index (κ2) is 9.47. The van der Waals surface area contributed by atoms with Crippen LogP contribution in [0.1, 0.15) is 32.4 Å². The first-order valence-electron chi connectivity index (χ1n) is 8.98. The van der Waals surface area contributed by atoms with Gasteiger partial charge < -0.3 is 20.1 Å². The fourth-order valence-electron chi connectivity index (χ4n) is 3.52. The number of rotatable bonds is 6. The van der Waals surface area contributed by atoms with Crippen LogP contribution in [0.3, 0.4) is 0 Å². The van der Waals surface area contributed by atoms with Gasteiger partial charge in [-0.15, -0.1) is 11.8 Å². The Morgan fingerprint density at radius 2 is 1.97 bits per heavy atom. The molecule has 2 heterocycles. The Kier molecular flexibility index (Phi) is 7.73. The molecule has 0 radical (unpaired) electrons. The Bertz CT molecular complexity index is 843. The number of thioether (sulfide) groups is 1. The molecule has 2 fully saturated rings. The van der Waals surface area contributed by atoms with Crippen LogP contribution in [0, 0.1) is 0 Å². The van der Waals surface area contributed by atoms with E-state index in [1.165, 1.54) is 16.7 Å². The number of benzene rings is 1. The van der Waals surface area contributed by atoms with Crippen molar-refractivity contribution in [3.63, 3.8) is 0 Å². The minimum Gasteiger partial charge on any atom is -0.548 e. The van der Waals surface area contributed by atoms with Crippen molar-refractivity contribution < 1.29 is 49.0 Å². The van der Waals surface area contributed by atoms with Gasteiger partial charge in [0.05, 0.1) is 12.0 Å². The average molecular weight is 423 g/mol. The maximum absolute atomic E-state index is 12.9. The summed E-state index contributed by atoms with van der Waals surface area (Å²) in [6.45, 7) is 5.37. The molecule has 9 heteroatoms. The summed E-state index contributed by atoms with van der Waals surface area (Å²) in [4.78, 5) is 42.6. The van der Waals surface area contributed by atoms with Gasteiger partial charge in [-0.2, -0.15) is 0 Å². The van der Waals surface area contributed by atoms with E-state index in [1.807, 2.05) is 25.1 Å². The second-order valence-corrected chi connectivity index (χ2v) is 8.97. The fraction of sp³-hybridized carbons (Fsp3) is 0.400. The van der Waals surface area contributed by atoms with E-state index in [1.54, 1.807) is 44.3 Å². The zero-order chi connectivity index (χ0) is 20.5. The maximum Gasteiger partial charge on any atom is 1.00 e. The number of nitrogens with one attached hydrogen (secondary N) is 1. The predicted octanol–water partition coefficient (Wildman–Crippen LogP) is -2.32. The molecule has 0 aliphatic carbocycles. The topological polar surface area (TPSA) is 102 Å². The number of hydrogen-bond donors (Lipinski definition) is 1. The summed E-state index contributed by atoms with van der Waals surface area (Å²) in [7, 11) is 0. The molecule has 29 heavy (non-hydrogen) atoms. The molecule has 3 rings (SSSR count). The monoisotopic (exact) mass is 423 g/mol. The molecular formula is C20H22N3NaO4S. The summed E-state index contributed by atoms with van der Waals surface area (Å²) >= 11 is 1.36. The Hall–Kier alpha value is -1.61. The van der Waals surface area contributed by atoms with Crippen LogP contribution in [-0.2, 0) is 14.4 Å². The number of carbonyl (C=O) groups is 3. The van der Waals surface area contributed by atoms with Crippen molar-refractivity contribution in [2.45, 2.75) is 49.0 Å². The van der Waals surface area contributed by atoms with Crippen LogP contribution in [0.15, 0.2) is 47.5 Å². The van der Waals surface area contributed by atoms with Crippen LogP contribution in [0.4, 0.5) is 0 Å². The molecule has 1 unspecified atom stereocenters. The minimum absolute atomic E-state index is 0. The van der Waals surface area contributed by atoms with E-state index < -0.39 is 46.0 Å². The number of fused-ring (bicyclic) bond motifs is 1. The third-order valence-corrected chi connectivity index (χ3v) is 6.41. The van der Waals surface area contributed by atoms with E-state index in [2.05, 4.69) is 10.3 Å². The van der Waals surface area contributed by atoms with Gasteiger partial charge in [-0.3, -0.25) is 14.6 Å². The number of β-lactam (4-membered cyclic amide) rings is 1. The molecule has 1 aromatic carbocycles. The van der Waals surface area contributed by atoms with Gasteiger partial charge in [0.1, 0.15) is 11.4 Å². The average Bonchev–Trinajstić information content (AvgIpc) is 2.92. The first-order valence-corrected chi connectivity index (χ1v) is 9.86. The van der Waals surface area contributed by atoms with E-state index >= 15 is 0 Å². The van der Waals surface area contributed by atoms with E-state index in [0.717, 1.165) is 0 Å². The quantitative estimate of drug-likeness (QED) is 0.314. The SMILES string of the molecule is CC=CC=NC(C(=O)N[C@@H]1C(=O)N2[C@@H]1SC(C)(C)[C@@H]2C(=O)[O-])c1ccccc1.[Na+]. The molecule has 2 saturated heterocycles. The van der Waals surface area contributed by atoms with Crippen molar-refractivity contribution in [2.75, 3.05) is 0 Å². The first kappa shape index (κ1) is 23.7. The number of nitrogens with zero attached hydrogens (tertiary/aromatic N) is 2. The van der Waals surface area contributed by atoms with Gasteiger partial charge in [0.15, 0.2) is 6.04 Å². The smallest absolute Gasteiger partial charge is 0.548 e. The van der Waals surface area contributed by atoms with Gasteiger partial charge in [-0.25, -0.2) is 0 Å². The fourth-order valence-corrected chi connectivity index (χ4v) is 5.14. The summed E-state index contributed by atoms with van der Waals surface area (Å²) in [5.41, 5.74) is 0.705. The molecule has 0 saturated carbocycles. The molecule has 148 valence electrons. The summed E-state index contributed by atoms with van der Waals surface area (Å²) in [6, 6.07) is 6.49. The molecule has 0 spiro atoms. The van der Waals surface area contributed by atoms with Gasteiger partial charge in [0.2, 0.25) is 11.8 Å². The van der Waals surface area contributed by atoms with Crippen molar-refractivity contribution in [2.24, 2.45) is 4.99 Å². The Labute approximate surface area is 196 Å². The van der Waals surface area contributed by atoms with Crippen LogP contribution < -0.4 is 40.0 Å². The molecule has 1 N–H and O–H groups in total. The van der Waals surface area contributed by atoms with Crippen molar-refractivity contribution >= 4 is 35.8 Å². The molecule has 0 bridgehead atoms. The Balaban J connectivity index is 0.00000300. The van der Waals surface area contributed by atoms with Gasteiger partial charge in [0.25, 0.3) is 0 Å². The molecule has 4 atom stereocenters. The minimum atomic E-state index is -1.28. The number of aliphatic carboxylic acids is 1. The number of carboxylic acid groups (broad SMARTS) is 1. The van der Waals surface area contributed by atoms with Crippen LogP contribution >= 0.6 is 11.8 Å². The van der Waals surface area contributed by atoms with Crippen molar-refractivity contribution in [1.82, 2.24) is 10.2 Å². The first-order chi connectivity index (χ1) is 13.3. The normalized spacial score (nSPS) is 26.0. The third kappa shape index (κ3) is 4.60. The summed E-state index contributed by atoms with van der Waals surface area (Å²) in [5, 5.41) is 13.8. The number of amides is 2. The number of carboxylic acids is 1. The van der Waals surface area contributed by atoms with Crippen molar-refractivity contribution in [3.05, 3.63) is 48.0 Å².